The van der Waals surface area contributed by atoms with Crippen LogP contribution in [-0.2, 0) is 17.6 Å². The monoisotopic (exact) mass is 515 g/mol. The minimum absolute atomic E-state index is 0.0608. The molecule has 1 fully saturated rings. The Morgan fingerprint density at radius 2 is 1.65 bits per heavy atom. The second kappa shape index (κ2) is 11.2. The van der Waals surface area contributed by atoms with Crippen molar-refractivity contribution in [3.05, 3.63) is 92.7 Å². The van der Waals surface area contributed by atoms with Crippen LogP contribution in [0.4, 0.5) is 0 Å². The summed E-state index contributed by atoms with van der Waals surface area (Å²) in [5.74, 6) is 0.226. The molecule has 2 aliphatic rings. The molecule has 3 heterocycles. The van der Waals surface area contributed by atoms with Crippen molar-refractivity contribution in [2.75, 3.05) is 32.7 Å². The summed E-state index contributed by atoms with van der Waals surface area (Å²) < 4.78 is 0. The first-order valence-electron chi connectivity index (χ1n) is 13.5. The van der Waals surface area contributed by atoms with Crippen molar-refractivity contribution in [3.8, 4) is 0 Å². The highest BCUT2D eigenvalue weighted by atomic mass is 32.1. The number of fused-ring (bicyclic) bond motifs is 1. The summed E-state index contributed by atoms with van der Waals surface area (Å²) in [7, 11) is 0. The van der Waals surface area contributed by atoms with Gasteiger partial charge in [-0.3, -0.25) is 14.5 Å². The van der Waals surface area contributed by atoms with Crippen LogP contribution >= 0.6 is 11.3 Å². The van der Waals surface area contributed by atoms with Crippen LogP contribution in [-0.4, -0.2) is 65.3 Å². The average molecular weight is 516 g/mol. The van der Waals surface area contributed by atoms with Gasteiger partial charge in [-0.05, 0) is 78.9 Å². The highest BCUT2D eigenvalue weighted by Gasteiger charge is 2.37. The van der Waals surface area contributed by atoms with Crippen molar-refractivity contribution in [2.24, 2.45) is 0 Å². The van der Waals surface area contributed by atoms with E-state index in [1.807, 2.05) is 45.4 Å². The zero-order valence-corrected chi connectivity index (χ0v) is 23.0. The molecule has 2 amide bonds. The Morgan fingerprint density at radius 3 is 2.41 bits per heavy atom. The fraction of sp³-hybridized carbons (Fsp3) is 0.419. The molecule has 3 aromatic rings. The Hall–Kier alpha value is -2.96. The first-order valence-corrected chi connectivity index (χ1v) is 14.4. The van der Waals surface area contributed by atoms with Crippen LogP contribution < -0.4 is 0 Å². The van der Waals surface area contributed by atoms with Crippen LogP contribution in [0, 0.1) is 6.92 Å². The molecule has 0 saturated carbocycles. The first-order chi connectivity index (χ1) is 18.0. The highest BCUT2D eigenvalue weighted by Crippen LogP contribution is 2.40. The van der Waals surface area contributed by atoms with Gasteiger partial charge in [0, 0.05) is 43.2 Å². The van der Waals surface area contributed by atoms with E-state index in [1.165, 1.54) is 27.1 Å². The predicted octanol–water partition coefficient (Wildman–Crippen LogP) is 5.33. The predicted molar refractivity (Wildman–Crippen MR) is 150 cm³/mol. The molecule has 1 saturated heterocycles. The molecule has 2 atom stereocenters. The zero-order chi connectivity index (χ0) is 25.9. The van der Waals surface area contributed by atoms with E-state index in [0.717, 1.165) is 31.4 Å². The third-order valence-electron chi connectivity index (χ3n) is 8.04. The summed E-state index contributed by atoms with van der Waals surface area (Å²) >= 11 is 1.83. The molecule has 5 rings (SSSR count). The number of hydrogen-bond acceptors (Lipinski definition) is 4. The third kappa shape index (κ3) is 5.23. The SMILES string of the molecule is CCc1ccc(C(=O)N2CCCN(C(=O)[C@H](C)N3CCc4sccc4[C@@H]3c3ccccc3C)CC2)cc1. The molecule has 0 aliphatic carbocycles. The van der Waals surface area contributed by atoms with Crippen LogP contribution in [0.1, 0.15) is 63.8 Å². The van der Waals surface area contributed by atoms with Crippen molar-refractivity contribution < 1.29 is 9.59 Å². The summed E-state index contributed by atoms with van der Waals surface area (Å²) in [6.07, 6.45) is 2.74. The minimum atomic E-state index is -0.235. The summed E-state index contributed by atoms with van der Waals surface area (Å²) in [6.45, 7) is 9.73. The Kier molecular flexibility index (Phi) is 7.77. The fourth-order valence-electron chi connectivity index (χ4n) is 5.81. The molecule has 37 heavy (non-hydrogen) atoms. The van der Waals surface area contributed by atoms with Gasteiger partial charge in [0.15, 0.2) is 0 Å². The van der Waals surface area contributed by atoms with Gasteiger partial charge in [0.25, 0.3) is 5.91 Å². The van der Waals surface area contributed by atoms with Crippen LogP contribution in [0.3, 0.4) is 0 Å². The topological polar surface area (TPSA) is 43.9 Å². The van der Waals surface area contributed by atoms with Crippen molar-refractivity contribution in [3.63, 3.8) is 0 Å². The molecular formula is C31H37N3O2S. The Morgan fingerprint density at radius 1 is 0.919 bits per heavy atom. The number of aryl methyl sites for hydroxylation is 2. The van der Waals surface area contributed by atoms with E-state index >= 15 is 0 Å². The number of carbonyl (C=O) groups excluding carboxylic acids is 2. The second-order valence-corrected chi connectivity index (χ2v) is 11.2. The Balaban J connectivity index is 1.30. The maximum absolute atomic E-state index is 13.9. The van der Waals surface area contributed by atoms with Crippen molar-refractivity contribution >= 4 is 23.2 Å². The molecule has 194 valence electrons. The highest BCUT2D eigenvalue weighted by molar-refractivity contribution is 7.10. The minimum Gasteiger partial charge on any atom is -0.340 e. The molecule has 0 N–H and O–H groups in total. The van der Waals surface area contributed by atoms with E-state index in [2.05, 4.69) is 61.4 Å². The molecule has 0 unspecified atom stereocenters. The van der Waals surface area contributed by atoms with Gasteiger partial charge in [-0.1, -0.05) is 43.3 Å². The van der Waals surface area contributed by atoms with Gasteiger partial charge in [-0.2, -0.15) is 0 Å². The number of nitrogens with zero attached hydrogens (tertiary/aromatic N) is 3. The zero-order valence-electron chi connectivity index (χ0n) is 22.2. The molecule has 6 heteroatoms. The van der Waals surface area contributed by atoms with E-state index in [0.29, 0.717) is 26.2 Å². The number of carbonyl (C=O) groups is 2. The molecular weight excluding hydrogens is 478 g/mol. The quantitative estimate of drug-likeness (QED) is 0.461. The van der Waals surface area contributed by atoms with Crippen molar-refractivity contribution in [2.45, 2.75) is 52.1 Å². The van der Waals surface area contributed by atoms with Crippen LogP contribution in [0.25, 0.3) is 0 Å². The van der Waals surface area contributed by atoms with Gasteiger partial charge in [0.1, 0.15) is 0 Å². The van der Waals surface area contributed by atoms with Crippen molar-refractivity contribution in [1.82, 2.24) is 14.7 Å². The van der Waals surface area contributed by atoms with E-state index in [1.54, 1.807) is 0 Å². The fourth-order valence-corrected chi connectivity index (χ4v) is 6.71. The lowest BCUT2D eigenvalue weighted by Gasteiger charge is -2.41. The lowest BCUT2D eigenvalue weighted by atomic mass is 9.89. The number of rotatable bonds is 5. The molecule has 5 nitrogen and oxygen atoms in total. The van der Waals surface area contributed by atoms with Gasteiger partial charge in [-0.25, -0.2) is 0 Å². The van der Waals surface area contributed by atoms with Crippen LogP contribution in [0.2, 0.25) is 0 Å². The summed E-state index contributed by atoms with van der Waals surface area (Å²) in [6, 6.07) is 18.6. The van der Waals surface area contributed by atoms with E-state index < -0.39 is 0 Å². The lowest BCUT2D eigenvalue weighted by Crippen LogP contribution is -2.51. The summed E-state index contributed by atoms with van der Waals surface area (Å²) in [5, 5.41) is 2.18. The Labute approximate surface area is 224 Å². The molecule has 2 aliphatic heterocycles. The number of hydrogen-bond donors (Lipinski definition) is 0. The van der Waals surface area contributed by atoms with E-state index in [4.69, 9.17) is 0 Å². The standard InChI is InChI=1S/C31H37N3O2S/c1-4-24-10-12-25(13-11-24)31(36)33-17-7-16-32(19-20-33)30(35)23(3)34-18-14-28-27(15-21-37-28)29(34)26-9-6-5-8-22(26)2/h5-6,8-13,15,21,23,29H,4,7,14,16-20H2,1-3H3/t23-,29-/m0/s1. The van der Waals surface area contributed by atoms with Gasteiger partial charge < -0.3 is 9.80 Å². The van der Waals surface area contributed by atoms with Gasteiger partial charge in [0.05, 0.1) is 12.1 Å². The van der Waals surface area contributed by atoms with E-state index in [9.17, 15) is 9.59 Å². The number of amides is 2. The smallest absolute Gasteiger partial charge is 0.253 e. The van der Waals surface area contributed by atoms with Crippen LogP contribution in [0.5, 0.6) is 0 Å². The van der Waals surface area contributed by atoms with E-state index in [-0.39, 0.29) is 23.9 Å². The molecule has 0 spiro atoms. The first kappa shape index (κ1) is 25.7. The number of thiophene rings is 1. The largest absolute Gasteiger partial charge is 0.340 e. The average Bonchev–Trinajstić information content (AvgIpc) is 3.28. The summed E-state index contributed by atoms with van der Waals surface area (Å²) in [5.41, 5.74) is 5.84. The third-order valence-corrected chi connectivity index (χ3v) is 9.04. The van der Waals surface area contributed by atoms with Crippen molar-refractivity contribution in [1.29, 1.82) is 0 Å². The van der Waals surface area contributed by atoms with Crippen LogP contribution in [0.15, 0.2) is 60.0 Å². The maximum atomic E-state index is 13.9. The Bertz CT molecular complexity index is 1250. The summed E-state index contributed by atoms with van der Waals surface area (Å²) in [4.78, 5) is 34.7. The van der Waals surface area contributed by atoms with Gasteiger partial charge in [-0.15, -0.1) is 11.3 Å². The number of benzene rings is 2. The molecule has 2 aromatic carbocycles. The molecule has 0 bridgehead atoms. The van der Waals surface area contributed by atoms with Gasteiger partial charge >= 0.3 is 0 Å². The van der Waals surface area contributed by atoms with Gasteiger partial charge in [0.2, 0.25) is 5.91 Å². The molecule has 1 aromatic heterocycles. The second-order valence-electron chi connectivity index (χ2n) is 10.2. The lowest BCUT2D eigenvalue weighted by molar-refractivity contribution is -0.137. The molecule has 0 radical (unpaired) electrons. The normalized spacial score (nSPS) is 19.3. The maximum Gasteiger partial charge on any atom is 0.253 e.